The Labute approximate surface area is 259 Å². The van der Waals surface area contributed by atoms with E-state index in [-0.39, 0.29) is 53.7 Å². The fourth-order valence-corrected chi connectivity index (χ4v) is 7.46. The van der Waals surface area contributed by atoms with Gasteiger partial charge in [0.15, 0.2) is 5.58 Å². The van der Waals surface area contributed by atoms with Crippen molar-refractivity contribution in [3.05, 3.63) is 23.9 Å². The normalized spacial score (nSPS) is 26.1. The van der Waals surface area contributed by atoms with Crippen molar-refractivity contribution in [2.75, 3.05) is 50.9 Å². The summed E-state index contributed by atoms with van der Waals surface area (Å²) in [6, 6.07) is 2.30. The van der Waals surface area contributed by atoms with Gasteiger partial charge in [0.2, 0.25) is 5.71 Å². The number of halogens is 4. The van der Waals surface area contributed by atoms with Crippen molar-refractivity contribution in [3.8, 4) is 17.3 Å². The zero-order chi connectivity index (χ0) is 32.0. The van der Waals surface area contributed by atoms with E-state index in [2.05, 4.69) is 25.2 Å². The molecule has 3 aliphatic rings. The van der Waals surface area contributed by atoms with Crippen LogP contribution in [0, 0.1) is 0 Å². The molecular weight excluding hydrogens is 612 g/mol. The number of benzene rings is 1. The predicted molar refractivity (Wildman–Crippen MR) is 158 cm³/mol. The van der Waals surface area contributed by atoms with E-state index in [9.17, 15) is 22.7 Å². The van der Waals surface area contributed by atoms with Gasteiger partial charge in [0, 0.05) is 37.5 Å². The highest BCUT2D eigenvalue weighted by molar-refractivity contribution is 6.13. The lowest BCUT2D eigenvalue weighted by atomic mass is 9.95. The minimum absolute atomic E-state index is 0.0164. The van der Waals surface area contributed by atoms with Gasteiger partial charge in [-0.05, 0) is 38.4 Å². The van der Waals surface area contributed by atoms with Gasteiger partial charge in [0.25, 0.3) is 0 Å². The molecule has 0 amide bonds. The van der Waals surface area contributed by atoms with Gasteiger partial charge in [0.1, 0.15) is 40.8 Å². The van der Waals surface area contributed by atoms with E-state index in [4.69, 9.17) is 18.9 Å². The van der Waals surface area contributed by atoms with Crippen LogP contribution in [-0.2, 0) is 18.0 Å². The van der Waals surface area contributed by atoms with Crippen molar-refractivity contribution < 1.29 is 36.6 Å². The molecule has 3 aliphatic heterocycles. The van der Waals surface area contributed by atoms with Crippen LogP contribution in [0.25, 0.3) is 44.4 Å². The minimum Gasteiger partial charge on any atom is -0.461 e. The number of hydrogen-bond donors (Lipinski definition) is 2. The third-order valence-corrected chi connectivity index (χ3v) is 9.42. The van der Waals surface area contributed by atoms with E-state index in [1.165, 1.54) is 16.9 Å². The lowest BCUT2D eigenvalue weighted by Gasteiger charge is -2.31. The molecule has 3 fully saturated rings. The molecule has 7 heterocycles. The average Bonchev–Trinajstić information content (AvgIpc) is 3.78. The summed E-state index contributed by atoms with van der Waals surface area (Å²) in [7, 11) is 1.61. The Morgan fingerprint density at radius 3 is 2.89 bits per heavy atom. The highest BCUT2D eigenvalue weighted by Crippen LogP contribution is 2.46. The third-order valence-electron chi connectivity index (χ3n) is 9.42. The van der Waals surface area contributed by atoms with Crippen LogP contribution in [0.1, 0.15) is 31.7 Å². The number of aromatic amines is 1. The molecule has 1 aromatic carbocycles. The summed E-state index contributed by atoms with van der Waals surface area (Å²) in [5, 5.41) is 22.9. The van der Waals surface area contributed by atoms with Crippen molar-refractivity contribution in [1.29, 1.82) is 0 Å². The van der Waals surface area contributed by atoms with Crippen molar-refractivity contribution in [3.63, 3.8) is 0 Å². The Bertz CT molecular complexity index is 1970. The third kappa shape index (κ3) is 4.68. The van der Waals surface area contributed by atoms with Gasteiger partial charge in [0.05, 0.1) is 42.6 Å². The molecular formula is C30H32F4N8O4. The lowest BCUT2D eigenvalue weighted by Crippen LogP contribution is -2.43. The predicted octanol–water partition coefficient (Wildman–Crippen LogP) is 4.21. The van der Waals surface area contributed by atoms with Crippen LogP contribution in [0.3, 0.4) is 0 Å². The maximum Gasteiger partial charge on any atom is 0.417 e. The number of rotatable bonds is 5. The second-order valence-corrected chi connectivity index (χ2v) is 12.9. The van der Waals surface area contributed by atoms with Gasteiger partial charge in [-0.25, -0.2) is 4.39 Å². The zero-order valence-corrected chi connectivity index (χ0v) is 25.2. The van der Waals surface area contributed by atoms with Crippen molar-refractivity contribution in [2.24, 2.45) is 7.05 Å². The molecule has 5 aromatic rings. The SMILES string of the molecule is Cn1nc(-c2c(C(F)(F)F)ccc3[nH]ncc23)c2oc3nc(OC[C@@]45CCCN4C[C@H](F)C5)nc(N4CCOC[C@@](C)(O)C4)c3c21. The molecule has 2 N–H and O–H groups in total. The summed E-state index contributed by atoms with van der Waals surface area (Å²) < 4.78 is 77.1. The number of nitrogens with zero attached hydrogens (tertiary/aromatic N) is 7. The van der Waals surface area contributed by atoms with Gasteiger partial charge in [-0.1, -0.05) is 0 Å². The quantitative estimate of drug-likeness (QED) is 0.268. The smallest absolute Gasteiger partial charge is 0.417 e. The number of aryl methyl sites for hydroxylation is 1. The monoisotopic (exact) mass is 644 g/mol. The van der Waals surface area contributed by atoms with Crippen LogP contribution in [-0.4, -0.2) is 103 Å². The Kier molecular flexibility index (Phi) is 6.54. The van der Waals surface area contributed by atoms with Gasteiger partial charge >= 0.3 is 12.2 Å². The second kappa shape index (κ2) is 10.2. The molecule has 3 saturated heterocycles. The Hall–Kier alpha value is -4.02. The zero-order valence-electron chi connectivity index (χ0n) is 25.2. The van der Waals surface area contributed by atoms with Gasteiger partial charge in [-0.15, -0.1) is 0 Å². The molecule has 0 radical (unpaired) electrons. The molecule has 16 heteroatoms. The molecule has 12 nitrogen and oxygen atoms in total. The van der Waals surface area contributed by atoms with Gasteiger partial charge in [-0.2, -0.15) is 33.3 Å². The van der Waals surface area contributed by atoms with Crippen LogP contribution in [0.4, 0.5) is 23.4 Å². The number of aliphatic hydroxyl groups is 1. The Morgan fingerprint density at radius 2 is 2.07 bits per heavy atom. The first-order chi connectivity index (χ1) is 21.9. The highest BCUT2D eigenvalue weighted by atomic mass is 19.4. The number of hydrogen-bond acceptors (Lipinski definition) is 10. The molecule has 0 bridgehead atoms. The number of fused-ring (bicyclic) bond motifs is 5. The molecule has 4 aromatic heterocycles. The first-order valence-corrected chi connectivity index (χ1v) is 15.2. The summed E-state index contributed by atoms with van der Waals surface area (Å²) >= 11 is 0. The van der Waals surface area contributed by atoms with Crippen LogP contribution in [0.5, 0.6) is 6.01 Å². The Balaban J connectivity index is 1.31. The average molecular weight is 645 g/mol. The maximum absolute atomic E-state index is 14.4. The fourth-order valence-electron chi connectivity index (χ4n) is 7.46. The van der Waals surface area contributed by atoms with Crippen LogP contribution < -0.4 is 9.64 Å². The summed E-state index contributed by atoms with van der Waals surface area (Å²) in [5.41, 5.74) is -1.84. The van der Waals surface area contributed by atoms with Gasteiger partial charge in [-0.3, -0.25) is 14.7 Å². The second-order valence-electron chi connectivity index (χ2n) is 12.9. The van der Waals surface area contributed by atoms with Gasteiger partial charge < -0.3 is 23.9 Å². The van der Waals surface area contributed by atoms with E-state index in [1.54, 1.807) is 14.0 Å². The summed E-state index contributed by atoms with van der Waals surface area (Å²) in [4.78, 5) is 13.3. The van der Waals surface area contributed by atoms with Crippen molar-refractivity contribution >= 4 is 38.9 Å². The molecule has 0 unspecified atom stereocenters. The highest BCUT2D eigenvalue weighted by Gasteiger charge is 2.49. The van der Waals surface area contributed by atoms with E-state index in [0.717, 1.165) is 25.5 Å². The van der Waals surface area contributed by atoms with E-state index >= 15 is 0 Å². The number of furan rings is 1. The first kappa shape index (κ1) is 29.4. The summed E-state index contributed by atoms with van der Waals surface area (Å²) in [6.45, 7) is 3.87. The van der Waals surface area contributed by atoms with E-state index in [0.29, 0.717) is 48.4 Å². The summed E-state index contributed by atoms with van der Waals surface area (Å²) in [5.74, 6) is 0.354. The standard InChI is InChI=1S/C30H32F4N8O4/c1-28(43)13-41(8-9-44-14-28)25-21-23-24(22(39-40(23)2)20-17-11-35-38-19(17)5-4-18(20)30(32,33)34)46-26(21)37-27(36-25)45-15-29-6-3-7-42(29)12-16(31)10-29/h4-5,11,16,43H,3,6-10,12-15H2,1-2H3,(H,35,38)/t16-,28+,29+/m1/s1. The molecule has 0 spiro atoms. The van der Waals surface area contributed by atoms with E-state index < -0.39 is 29.1 Å². The topological polar surface area (TPSA) is 131 Å². The Morgan fingerprint density at radius 1 is 1.22 bits per heavy atom. The number of ether oxygens (including phenoxy) is 2. The van der Waals surface area contributed by atoms with E-state index in [1.807, 2.05) is 4.90 Å². The number of aromatic nitrogens is 6. The molecule has 8 rings (SSSR count). The molecule has 0 saturated carbocycles. The first-order valence-electron chi connectivity index (χ1n) is 15.2. The number of nitrogens with one attached hydrogen (secondary N) is 1. The summed E-state index contributed by atoms with van der Waals surface area (Å²) in [6.07, 6.45) is -2.22. The number of β-amino-alcohol motifs (C(OH)–C–C–N with tert-alkyl or cyclic N) is 1. The van der Waals surface area contributed by atoms with Crippen LogP contribution in [0.15, 0.2) is 22.7 Å². The number of anilines is 1. The molecule has 0 aliphatic carbocycles. The molecule has 3 atom stereocenters. The molecule has 244 valence electrons. The van der Waals surface area contributed by atoms with Crippen LogP contribution >= 0.6 is 0 Å². The minimum atomic E-state index is -4.69. The molecule has 46 heavy (non-hydrogen) atoms. The largest absolute Gasteiger partial charge is 0.461 e. The van der Waals surface area contributed by atoms with Crippen molar-refractivity contribution in [2.45, 2.75) is 49.7 Å². The fraction of sp³-hybridized carbons (Fsp3) is 0.533. The van der Waals surface area contributed by atoms with Crippen molar-refractivity contribution in [1.82, 2.24) is 34.8 Å². The van der Waals surface area contributed by atoms with Crippen LogP contribution in [0.2, 0.25) is 0 Å². The lowest BCUT2D eigenvalue weighted by molar-refractivity contribution is -0.137. The number of H-pyrrole nitrogens is 1. The number of alkyl halides is 4. The maximum atomic E-state index is 14.4.